The van der Waals surface area contributed by atoms with Crippen LogP contribution in [-0.4, -0.2) is 54.6 Å². The highest BCUT2D eigenvalue weighted by Crippen LogP contribution is 2.19. The van der Waals surface area contributed by atoms with Crippen LogP contribution >= 0.6 is 0 Å². The predicted molar refractivity (Wildman–Crippen MR) is 65.9 cm³/mol. The second-order valence-electron chi connectivity index (χ2n) is 5.19. The SMILES string of the molecule is CC1CC(NC(=O)NC2(C(=O)O)CCOC2)CCO1. The quantitative estimate of drug-likeness (QED) is 0.677. The lowest BCUT2D eigenvalue weighted by molar-refractivity contribution is -0.144. The Morgan fingerprint density at radius 3 is 2.74 bits per heavy atom. The van der Waals surface area contributed by atoms with Gasteiger partial charge in [0.1, 0.15) is 0 Å². The summed E-state index contributed by atoms with van der Waals surface area (Å²) in [4.78, 5) is 23.2. The van der Waals surface area contributed by atoms with E-state index in [1.807, 2.05) is 6.92 Å². The van der Waals surface area contributed by atoms with Gasteiger partial charge in [-0.25, -0.2) is 9.59 Å². The first-order valence-electron chi connectivity index (χ1n) is 6.53. The number of ether oxygens (including phenoxy) is 2. The molecular weight excluding hydrogens is 252 g/mol. The number of hydrogen-bond acceptors (Lipinski definition) is 4. The minimum Gasteiger partial charge on any atom is -0.479 e. The summed E-state index contributed by atoms with van der Waals surface area (Å²) in [5, 5.41) is 14.6. The van der Waals surface area contributed by atoms with Crippen LogP contribution in [0.1, 0.15) is 26.2 Å². The van der Waals surface area contributed by atoms with Crippen LogP contribution in [0.4, 0.5) is 4.79 Å². The van der Waals surface area contributed by atoms with Crippen LogP contribution in [0.5, 0.6) is 0 Å². The van der Waals surface area contributed by atoms with Crippen molar-refractivity contribution in [1.29, 1.82) is 0 Å². The summed E-state index contributed by atoms with van der Waals surface area (Å²) in [5.74, 6) is -1.06. The van der Waals surface area contributed by atoms with Gasteiger partial charge in [0, 0.05) is 25.7 Å². The molecule has 2 fully saturated rings. The second-order valence-corrected chi connectivity index (χ2v) is 5.19. The lowest BCUT2D eigenvalue weighted by atomic mass is 9.99. The molecule has 0 aromatic carbocycles. The summed E-state index contributed by atoms with van der Waals surface area (Å²) in [6.45, 7) is 2.93. The molecule has 0 saturated carbocycles. The minimum absolute atomic E-state index is 0.0138. The van der Waals surface area contributed by atoms with Gasteiger partial charge in [-0.3, -0.25) is 0 Å². The van der Waals surface area contributed by atoms with Crippen LogP contribution in [0.3, 0.4) is 0 Å². The maximum atomic E-state index is 11.9. The molecular formula is C12H20N2O5. The number of hydrogen-bond donors (Lipinski definition) is 3. The molecule has 2 saturated heterocycles. The average molecular weight is 272 g/mol. The average Bonchev–Trinajstić information content (AvgIpc) is 2.78. The molecule has 2 heterocycles. The monoisotopic (exact) mass is 272 g/mol. The smallest absolute Gasteiger partial charge is 0.332 e. The van der Waals surface area contributed by atoms with Gasteiger partial charge in [0.25, 0.3) is 0 Å². The Hall–Kier alpha value is -1.34. The van der Waals surface area contributed by atoms with Crippen molar-refractivity contribution in [3.63, 3.8) is 0 Å². The van der Waals surface area contributed by atoms with Gasteiger partial charge in [0.15, 0.2) is 5.54 Å². The van der Waals surface area contributed by atoms with E-state index in [2.05, 4.69) is 10.6 Å². The number of carboxylic acids is 1. The van der Waals surface area contributed by atoms with E-state index in [4.69, 9.17) is 9.47 Å². The molecule has 0 aromatic heterocycles. The highest BCUT2D eigenvalue weighted by atomic mass is 16.5. The molecule has 7 heteroatoms. The van der Waals surface area contributed by atoms with E-state index >= 15 is 0 Å². The minimum atomic E-state index is -1.29. The lowest BCUT2D eigenvalue weighted by Gasteiger charge is -2.30. The van der Waals surface area contributed by atoms with E-state index in [0.717, 1.165) is 12.8 Å². The van der Waals surface area contributed by atoms with Crippen LogP contribution < -0.4 is 10.6 Å². The number of nitrogens with one attached hydrogen (secondary N) is 2. The number of carbonyl (C=O) groups excluding carboxylic acids is 1. The zero-order valence-electron chi connectivity index (χ0n) is 11.0. The topological polar surface area (TPSA) is 96.9 Å². The molecule has 2 amide bonds. The number of carbonyl (C=O) groups is 2. The van der Waals surface area contributed by atoms with E-state index in [0.29, 0.717) is 19.6 Å². The van der Waals surface area contributed by atoms with Crippen LogP contribution in [-0.2, 0) is 14.3 Å². The van der Waals surface area contributed by atoms with Gasteiger partial charge in [-0.2, -0.15) is 0 Å². The molecule has 0 aliphatic carbocycles. The largest absolute Gasteiger partial charge is 0.479 e. The van der Waals surface area contributed by atoms with Crippen molar-refractivity contribution in [2.45, 2.75) is 43.9 Å². The van der Waals surface area contributed by atoms with Gasteiger partial charge < -0.3 is 25.2 Å². The number of aliphatic carboxylic acids is 1. The molecule has 0 radical (unpaired) electrons. The molecule has 3 atom stereocenters. The van der Waals surface area contributed by atoms with Gasteiger partial charge in [-0.1, -0.05) is 0 Å². The third kappa shape index (κ3) is 3.36. The van der Waals surface area contributed by atoms with E-state index in [1.165, 1.54) is 0 Å². The summed E-state index contributed by atoms with van der Waals surface area (Å²) in [7, 11) is 0. The Balaban J connectivity index is 1.87. The fourth-order valence-electron chi connectivity index (χ4n) is 2.45. The molecule has 0 spiro atoms. The second kappa shape index (κ2) is 5.75. The van der Waals surface area contributed by atoms with Gasteiger partial charge >= 0.3 is 12.0 Å². The number of rotatable bonds is 3. The van der Waals surface area contributed by atoms with Gasteiger partial charge in [0.2, 0.25) is 0 Å². The van der Waals surface area contributed by atoms with Crippen molar-refractivity contribution < 1.29 is 24.2 Å². The number of carboxylic acid groups (broad SMARTS) is 1. The van der Waals surface area contributed by atoms with Crippen molar-refractivity contribution in [3.8, 4) is 0 Å². The Kier molecular flexibility index (Phi) is 4.26. The standard InChI is InChI=1S/C12H20N2O5/c1-8-6-9(2-4-19-8)13-11(17)14-12(10(15)16)3-5-18-7-12/h8-9H,2-7H2,1H3,(H,15,16)(H2,13,14,17). The van der Waals surface area contributed by atoms with Crippen molar-refractivity contribution in [2.24, 2.45) is 0 Å². The third-order valence-electron chi connectivity index (χ3n) is 3.60. The highest BCUT2D eigenvalue weighted by molar-refractivity contribution is 5.86. The Labute approximate surface area is 111 Å². The summed E-state index contributed by atoms with van der Waals surface area (Å²) < 4.78 is 10.5. The van der Waals surface area contributed by atoms with Crippen molar-refractivity contribution in [3.05, 3.63) is 0 Å². The number of amides is 2. The maximum Gasteiger partial charge on any atom is 0.332 e. The van der Waals surface area contributed by atoms with Crippen LogP contribution in [0.25, 0.3) is 0 Å². The zero-order valence-corrected chi connectivity index (χ0v) is 11.0. The molecule has 2 rings (SSSR count). The Bertz CT molecular complexity index is 354. The first kappa shape index (κ1) is 14.1. The van der Waals surface area contributed by atoms with Gasteiger partial charge in [0.05, 0.1) is 12.7 Å². The molecule has 3 N–H and O–H groups in total. The van der Waals surface area contributed by atoms with E-state index < -0.39 is 17.5 Å². The van der Waals surface area contributed by atoms with Gasteiger partial charge in [-0.15, -0.1) is 0 Å². The van der Waals surface area contributed by atoms with Crippen LogP contribution in [0.15, 0.2) is 0 Å². The van der Waals surface area contributed by atoms with Gasteiger partial charge in [-0.05, 0) is 19.8 Å². The molecule has 2 aliphatic heterocycles. The van der Waals surface area contributed by atoms with Crippen LogP contribution in [0, 0.1) is 0 Å². The Morgan fingerprint density at radius 1 is 1.37 bits per heavy atom. The lowest BCUT2D eigenvalue weighted by Crippen LogP contribution is -2.59. The highest BCUT2D eigenvalue weighted by Gasteiger charge is 2.44. The molecule has 7 nitrogen and oxygen atoms in total. The molecule has 19 heavy (non-hydrogen) atoms. The fraction of sp³-hybridized carbons (Fsp3) is 0.833. The molecule has 2 aliphatic rings. The summed E-state index contributed by atoms with van der Waals surface area (Å²) in [6.07, 6.45) is 1.89. The third-order valence-corrected chi connectivity index (χ3v) is 3.60. The summed E-state index contributed by atoms with van der Waals surface area (Å²) in [5.41, 5.74) is -1.29. The van der Waals surface area contributed by atoms with E-state index in [1.54, 1.807) is 0 Å². The zero-order chi connectivity index (χ0) is 13.9. The van der Waals surface area contributed by atoms with E-state index in [9.17, 15) is 14.7 Å². The molecule has 3 unspecified atom stereocenters. The van der Waals surface area contributed by atoms with E-state index in [-0.39, 0.29) is 18.8 Å². The first-order valence-corrected chi connectivity index (χ1v) is 6.53. The van der Waals surface area contributed by atoms with Crippen molar-refractivity contribution in [2.75, 3.05) is 19.8 Å². The Morgan fingerprint density at radius 2 is 2.16 bits per heavy atom. The van der Waals surface area contributed by atoms with Crippen molar-refractivity contribution in [1.82, 2.24) is 10.6 Å². The molecule has 0 aromatic rings. The first-order chi connectivity index (χ1) is 9.02. The molecule has 0 bridgehead atoms. The fourth-order valence-corrected chi connectivity index (χ4v) is 2.45. The van der Waals surface area contributed by atoms with Crippen molar-refractivity contribution >= 4 is 12.0 Å². The predicted octanol–water partition coefficient (Wildman–Crippen LogP) is 0.0968. The maximum absolute atomic E-state index is 11.9. The van der Waals surface area contributed by atoms with Crippen LogP contribution in [0.2, 0.25) is 0 Å². The number of urea groups is 1. The molecule has 108 valence electrons. The summed E-state index contributed by atoms with van der Waals surface area (Å²) >= 11 is 0. The normalized spacial score (nSPS) is 34.8. The summed E-state index contributed by atoms with van der Waals surface area (Å²) in [6, 6.07) is -0.427.